The van der Waals surface area contributed by atoms with E-state index < -0.39 is 0 Å². The zero-order valence-electron chi connectivity index (χ0n) is 12.4. The highest BCUT2D eigenvalue weighted by Gasteiger charge is 2.30. The normalized spacial score (nSPS) is 27.7. The summed E-state index contributed by atoms with van der Waals surface area (Å²) >= 11 is 0. The molecule has 5 nitrogen and oxygen atoms in total. The quantitative estimate of drug-likeness (QED) is 0.900. The summed E-state index contributed by atoms with van der Waals surface area (Å²) in [7, 11) is 0. The lowest BCUT2D eigenvalue weighted by Crippen LogP contribution is -2.49. The number of aliphatic hydroxyl groups is 1. The summed E-state index contributed by atoms with van der Waals surface area (Å²) in [4.78, 5) is 13.6. The summed E-state index contributed by atoms with van der Waals surface area (Å²) in [6, 6.07) is 2.73. The van der Waals surface area contributed by atoms with E-state index in [9.17, 15) is 5.11 Å². The minimum absolute atomic E-state index is 0.131. The van der Waals surface area contributed by atoms with Crippen molar-refractivity contribution in [1.82, 2.24) is 14.9 Å². The number of hydrogen-bond donors (Lipinski definition) is 1. The van der Waals surface area contributed by atoms with Crippen LogP contribution in [-0.4, -0.2) is 58.3 Å². The first-order chi connectivity index (χ1) is 9.63. The van der Waals surface area contributed by atoms with Gasteiger partial charge in [-0.3, -0.25) is 4.90 Å². The third-order valence-corrected chi connectivity index (χ3v) is 4.57. The maximum Gasteiger partial charge on any atom is 0.132 e. The van der Waals surface area contributed by atoms with E-state index in [-0.39, 0.29) is 6.10 Å². The van der Waals surface area contributed by atoms with E-state index in [1.165, 1.54) is 0 Å². The van der Waals surface area contributed by atoms with Crippen LogP contribution in [0.2, 0.25) is 0 Å². The Hall–Kier alpha value is -1.20. The van der Waals surface area contributed by atoms with E-state index in [4.69, 9.17) is 0 Å². The molecule has 1 aromatic heterocycles. The molecule has 5 heteroatoms. The Kier molecular flexibility index (Phi) is 3.89. The first-order valence-corrected chi connectivity index (χ1v) is 7.62. The van der Waals surface area contributed by atoms with E-state index in [0.29, 0.717) is 12.0 Å². The summed E-state index contributed by atoms with van der Waals surface area (Å²) in [6.07, 6.45) is 3.23. The van der Waals surface area contributed by atoms with Crippen LogP contribution in [0.3, 0.4) is 0 Å². The first kappa shape index (κ1) is 13.8. The molecule has 2 fully saturated rings. The van der Waals surface area contributed by atoms with Crippen LogP contribution in [0.1, 0.15) is 38.3 Å². The molecule has 0 atom stereocenters. The Morgan fingerprint density at radius 1 is 1.15 bits per heavy atom. The Labute approximate surface area is 120 Å². The van der Waals surface area contributed by atoms with E-state index in [1.807, 2.05) is 0 Å². The topological polar surface area (TPSA) is 52.5 Å². The third-order valence-electron chi connectivity index (χ3n) is 4.57. The van der Waals surface area contributed by atoms with Crippen molar-refractivity contribution in [2.75, 3.05) is 31.1 Å². The van der Waals surface area contributed by atoms with Gasteiger partial charge in [0, 0.05) is 49.9 Å². The molecule has 0 bridgehead atoms. The van der Waals surface area contributed by atoms with Crippen molar-refractivity contribution in [1.29, 1.82) is 0 Å². The van der Waals surface area contributed by atoms with Gasteiger partial charge in [-0.25, -0.2) is 9.97 Å². The van der Waals surface area contributed by atoms with Crippen LogP contribution in [0.4, 0.5) is 5.82 Å². The highest BCUT2D eigenvalue weighted by molar-refractivity contribution is 5.40. The lowest BCUT2D eigenvalue weighted by atomic mass is 9.80. The van der Waals surface area contributed by atoms with Crippen LogP contribution in [0.25, 0.3) is 0 Å². The fourth-order valence-electron chi connectivity index (χ4n) is 3.05. The van der Waals surface area contributed by atoms with Gasteiger partial charge in [0.1, 0.15) is 12.1 Å². The zero-order chi connectivity index (χ0) is 14.1. The molecule has 3 rings (SSSR count). The number of aromatic nitrogens is 2. The van der Waals surface area contributed by atoms with Gasteiger partial charge in [0.25, 0.3) is 0 Å². The predicted octanol–water partition coefficient (Wildman–Crippen LogP) is 1.25. The van der Waals surface area contributed by atoms with Crippen LogP contribution in [0.5, 0.6) is 0 Å². The Morgan fingerprint density at radius 3 is 2.45 bits per heavy atom. The average molecular weight is 276 g/mol. The van der Waals surface area contributed by atoms with Crippen LogP contribution < -0.4 is 4.90 Å². The maximum atomic E-state index is 9.42. The number of aliphatic hydroxyl groups excluding tert-OH is 1. The van der Waals surface area contributed by atoms with Gasteiger partial charge in [-0.2, -0.15) is 0 Å². The fraction of sp³-hybridized carbons (Fsp3) is 0.733. The van der Waals surface area contributed by atoms with Crippen molar-refractivity contribution < 1.29 is 5.11 Å². The minimum Gasteiger partial charge on any atom is -0.393 e. The monoisotopic (exact) mass is 276 g/mol. The van der Waals surface area contributed by atoms with Gasteiger partial charge >= 0.3 is 0 Å². The van der Waals surface area contributed by atoms with Crippen LogP contribution >= 0.6 is 0 Å². The predicted molar refractivity (Wildman–Crippen MR) is 78.9 cm³/mol. The van der Waals surface area contributed by atoms with Crippen LogP contribution in [0, 0.1) is 0 Å². The summed E-state index contributed by atoms with van der Waals surface area (Å²) in [6.45, 7) is 8.75. The number of anilines is 1. The zero-order valence-corrected chi connectivity index (χ0v) is 12.4. The minimum atomic E-state index is -0.131. The van der Waals surface area contributed by atoms with Crippen molar-refractivity contribution in [3.05, 3.63) is 18.1 Å². The van der Waals surface area contributed by atoms with E-state index in [0.717, 1.165) is 50.5 Å². The van der Waals surface area contributed by atoms with Gasteiger partial charge in [-0.1, -0.05) is 0 Å². The third kappa shape index (κ3) is 2.79. The average Bonchev–Trinajstić information content (AvgIpc) is 2.44. The molecule has 0 aromatic carbocycles. The second kappa shape index (κ2) is 5.66. The lowest BCUT2D eigenvalue weighted by Gasteiger charge is -2.38. The summed E-state index contributed by atoms with van der Waals surface area (Å²) in [5, 5.41) is 9.42. The molecule has 0 unspecified atom stereocenters. The van der Waals surface area contributed by atoms with Gasteiger partial charge in [0.2, 0.25) is 0 Å². The summed E-state index contributed by atoms with van der Waals surface area (Å²) in [5.74, 6) is 1.46. The SMILES string of the molecule is CC(C)N1CCN(c2cc(C3CC(O)C3)ncn2)CC1. The molecular formula is C15H24N4O. The van der Waals surface area contributed by atoms with Crippen LogP contribution in [0.15, 0.2) is 12.4 Å². The van der Waals surface area contributed by atoms with Crippen molar-refractivity contribution >= 4 is 5.82 Å². The van der Waals surface area contributed by atoms with Crippen molar-refractivity contribution in [2.24, 2.45) is 0 Å². The van der Waals surface area contributed by atoms with Gasteiger partial charge in [-0.15, -0.1) is 0 Å². The summed E-state index contributed by atoms with van der Waals surface area (Å²) < 4.78 is 0. The lowest BCUT2D eigenvalue weighted by molar-refractivity contribution is 0.0732. The molecule has 1 aliphatic carbocycles. The molecular weight excluding hydrogens is 252 g/mol. The molecule has 1 saturated carbocycles. The van der Waals surface area contributed by atoms with Crippen molar-refractivity contribution in [2.45, 2.75) is 44.8 Å². The second-order valence-electron chi connectivity index (χ2n) is 6.24. The van der Waals surface area contributed by atoms with Crippen LogP contribution in [-0.2, 0) is 0 Å². The largest absolute Gasteiger partial charge is 0.393 e. The Bertz CT molecular complexity index is 451. The molecule has 1 saturated heterocycles. The van der Waals surface area contributed by atoms with Gasteiger partial charge in [-0.05, 0) is 26.7 Å². The Morgan fingerprint density at radius 2 is 1.85 bits per heavy atom. The molecule has 1 N–H and O–H groups in total. The molecule has 2 aliphatic rings. The van der Waals surface area contributed by atoms with Gasteiger partial charge < -0.3 is 10.0 Å². The van der Waals surface area contributed by atoms with Crippen molar-refractivity contribution in [3.63, 3.8) is 0 Å². The molecule has 1 aliphatic heterocycles. The fourth-order valence-corrected chi connectivity index (χ4v) is 3.05. The molecule has 2 heterocycles. The van der Waals surface area contributed by atoms with E-state index in [1.54, 1.807) is 6.33 Å². The van der Waals surface area contributed by atoms with E-state index >= 15 is 0 Å². The number of rotatable bonds is 3. The second-order valence-corrected chi connectivity index (χ2v) is 6.24. The highest BCUT2D eigenvalue weighted by Crippen LogP contribution is 2.36. The number of hydrogen-bond acceptors (Lipinski definition) is 5. The molecule has 20 heavy (non-hydrogen) atoms. The van der Waals surface area contributed by atoms with Crippen molar-refractivity contribution in [3.8, 4) is 0 Å². The molecule has 110 valence electrons. The molecule has 1 aromatic rings. The summed E-state index contributed by atoms with van der Waals surface area (Å²) in [5.41, 5.74) is 1.09. The number of piperazine rings is 1. The first-order valence-electron chi connectivity index (χ1n) is 7.62. The molecule has 0 spiro atoms. The maximum absolute atomic E-state index is 9.42. The standard InChI is InChI=1S/C15H24N4O/c1-11(2)18-3-5-19(6-4-18)15-9-14(16-10-17-15)12-7-13(20)8-12/h9-13,20H,3-8H2,1-2H3. The molecule has 0 radical (unpaired) electrons. The van der Waals surface area contributed by atoms with Gasteiger partial charge in [0.05, 0.1) is 6.10 Å². The van der Waals surface area contributed by atoms with Gasteiger partial charge in [0.15, 0.2) is 0 Å². The van der Waals surface area contributed by atoms with E-state index in [2.05, 4.69) is 39.7 Å². The Balaban J connectivity index is 1.64. The smallest absolute Gasteiger partial charge is 0.132 e. The highest BCUT2D eigenvalue weighted by atomic mass is 16.3. The molecule has 0 amide bonds. The number of nitrogens with zero attached hydrogens (tertiary/aromatic N) is 4.